The molecule has 0 spiro atoms. The van der Waals surface area contributed by atoms with Crippen LogP contribution in [0, 0.1) is 0 Å². The lowest BCUT2D eigenvalue weighted by atomic mass is 9.88. The number of ether oxygens (including phenoxy) is 1. The van der Waals surface area contributed by atoms with Gasteiger partial charge < -0.3 is 14.2 Å². The molecule has 0 N–H and O–H groups in total. The fourth-order valence-electron chi connectivity index (χ4n) is 4.25. The number of hydrogen-bond acceptors (Lipinski definition) is 4. The monoisotopic (exact) mass is 340 g/mol. The van der Waals surface area contributed by atoms with Gasteiger partial charge in [0.25, 0.3) is 5.91 Å². The molecule has 5 heteroatoms. The summed E-state index contributed by atoms with van der Waals surface area (Å²) in [5.41, 5.74) is 3.65. The zero-order valence-corrected chi connectivity index (χ0v) is 15.0. The van der Waals surface area contributed by atoms with E-state index in [-0.39, 0.29) is 18.0 Å². The summed E-state index contributed by atoms with van der Waals surface area (Å²) in [6.45, 7) is 4.25. The van der Waals surface area contributed by atoms with Crippen LogP contribution in [0.2, 0.25) is 0 Å². The first-order valence-electron chi connectivity index (χ1n) is 9.08. The summed E-state index contributed by atoms with van der Waals surface area (Å²) in [5.74, 6) is 1.60. The number of carbonyl (C=O) groups excluding carboxylic acids is 1. The lowest BCUT2D eigenvalue weighted by Gasteiger charge is -2.38. The van der Waals surface area contributed by atoms with E-state index >= 15 is 0 Å². The Hall–Kier alpha value is -2.30. The molecule has 1 aliphatic heterocycles. The van der Waals surface area contributed by atoms with E-state index in [1.807, 2.05) is 23.1 Å². The van der Waals surface area contributed by atoms with Crippen LogP contribution in [0.1, 0.15) is 54.7 Å². The Morgan fingerprint density at radius 3 is 2.72 bits per heavy atom. The minimum absolute atomic E-state index is 0.0154. The van der Waals surface area contributed by atoms with Crippen LogP contribution in [0.25, 0.3) is 11.3 Å². The van der Waals surface area contributed by atoms with Gasteiger partial charge in [-0.1, -0.05) is 5.16 Å². The number of rotatable bonds is 2. The molecule has 2 atom stereocenters. The predicted molar refractivity (Wildman–Crippen MR) is 94.8 cm³/mol. The van der Waals surface area contributed by atoms with Crippen molar-refractivity contribution in [2.45, 2.75) is 58.0 Å². The summed E-state index contributed by atoms with van der Waals surface area (Å²) in [6.07, 6.45) is 4.93. The summed E-state index contributed by atoms with van der Waals surface area (Å²) in [4.78, 5) is 15.1. The van der Waals surface area contributed by atoms with E-state index in [0.29, 0.717) is 5.69 Å². The first kappa shape index (κ1) is 16.2. The van der Waals surface area contributed by atoms with E-state index in [9.17, 15) is 4.79 Å². The first-order valence-corrected chi connectivity index (χ1v) is 9.08. The van der Waals surface area contributed by atoms with Crippen LogP contribution in [0.15, 0.2) is 22.7 Å². The van der Waals surface area contributed by atoms with Crippen molar-refractivity contribution in [2.24, 2.45) is 0 Å². The largest absolute Gasteiger partial charge is 0.497 e. The third kappa shape index (κ3) is 2.62. The van der Waals surface area contributed by atoms with Gasteiger partial charge >= 0.3 is 0 Å². The minimum Gasteiger partial charge on any atom is -0.497 e. The van der Waals surface area contributed by atoms with E-state index in [4.69, 9.17) is 9.26 Å². The molecule has 0 saturated carbocycles. The van der Waals surface area contributed by atoms with Crippen molar-refractivity contribution in [2.75, 3.05) is 7.11 Å². The third-order valence-electron chi connectivity index (χ3n) is 5.62. The zero-order valence-electron chi connectivity index (χ0n) is 15.0. The summed E-state index contributed by atoms with van der Waals surface area (Å²) < 4.78 is 10.9. The second kappa shape index (κ2) is 6.21. The molecular weight excluding hydrogens is 316 g/mol. The van der Waals surface area contributed by atoms with Crippen molar-refractivity contribution >= 4 is 5.91 Å². The number of aryl methyl sites for hydroxylation is 1. The molecule has 5 nitrogen and oxygen atoms in total. The average molecular weight is 340 g/mol. The first-order chi connectivity index (χ1) is 12.1. The molecule has 132 valence electrons. The van der Waals surface area contributed by atoms with Crippen molar-refractivity contribution in [3.63, 3.8) is 0 Å². The molecule has 2 aliphatic rings. The van der Waals surface area contributed by atoms with Crippen molar-refractivity contribution < 1.29 is 14.1 Å². The van der Waals surface area contributed by atoms with Crippen LogP contribution in [-0.2, 0) is 12.8 Å². The van der Waals surface area contributed by atoms with E-state index in [1.165, 1.54) is 12.0 Å². The van der Waals surface area contributed by atoms with Crippen LogP contribution < -0.4 is 4.74 Å². The van der Waals surface area contributed by atoms with Crippen molar-refractivity contribution in [1.29, 1.82) is 0 Å². The maximum atomic E-state index is 13.1. The molecular formula is C20H24N2O3. The van der Waals surface area contributed by atoms with Gasteiger partial charge in [0.2, 0.25) is 0 Å². The Morgan fingerprint density at radius 1 is 1.24 bits per heavy atom. The molecule has 1 aromatic heterocycles. The summed E-state index contributed by atoms with van der Waals surface area (Å²) in [6, 6.07) is 6.47. The van der Waals surface area contributed by atoms with Gasteiger partial charge in [0.15, 0.2) is 11.5 Å². The lowest BCUT2D eigenvalue weighted by Crippen LogP contribution is -2.47. The molecule has 1 aromatic carbocycles. The SMILES string of the molecule is COc1ccc2c(c1)CCc1c(C(=O)N3[C@H](C)CCC[C@@H]3C)noc1-2. The molecule has 2 aromatic rings. The molecule has 2 heterocycles. The molecule has 1 amide bonds. The van der Waals surface area contributed by atoms with E-state index in [1.54, 1.807) is 7.11 Å². The second-order valence-electron chi connectivity index (χ2n) is 7.20. The number of aromatic nitrogens is 1. The van der Waals surface area contributed by atoms with Gasteiger partial charge in [-0.15, -0.1) is 0 Å². The average Bonchev–Trinajstić information content (AvgIpc) is 3.05. The van der Waals surface area contributed by atoms with Crippen LogP contribution in [0.3, 0.4) is 0 Å². The quantitative estimate of drug-likeness (QED) is 0.833. The van der Waals surface area contributed by atoms with Gasteiger partial charge in [0.05, 0.1) is 7.11 Å². The molecule has 0 bridgehead atoms. The molecule has 1 fully saturated rings. The Kier molecular flexibility index (Phi) is 4.02. The predicted octanol–water partition coefficient (Wildman–Crippen LogP) is 3.85. The van der Waals surface area contributed by atoms with Gasteiger partial charge in [0.1, 0.15) is 5.75 Å². The number of piperidine rings is 1. The van der Waals surface area contributed by atoms with E-state index < -0.39 is 0 Å². The zero-order chi connectivity index (χ0) is 17.6. The van der Waals surface area contributed by atoms with Gasteiger partial charge in [-0.2, -0.15) is 0 Å². The number of hydrogen-bond donors (Lipinski definition) is 0. The highest BCUT2D eigenvalue weighted by Crippen LogP contribution is 2.38. The Morgan fingerprint density at radius 2 is 2.00 bits per heavy atom. The number of amides is 1. The molecule has 0 unspecified atom stereocenters. The van der Waals surface area contributed by atoms with Crippen LogP contribution >= 0.6 is 0 Å². The molecule has 1 aliphatic carbocycles. The normalized spacial score (nSPS) is 22.3. The van der Waals surface area contributed by atoms with Crippen molar-refractivity contribution in [1.82, 2.24) is 10.1 Å². The number of methoxy groups -OCH3 is 1. The fourth-order valence-corrected chi connectivity index (χ4v) is 4.25. The topological polar surface area (TPSA) is 55.6 Å². The maximum absolute atomic E-state index is 13.1. The fraction of sp³-hybridized carbons (Fsp3) is 0.500. The number of nitrogens with zero attached hydrogens (tertiary/aromatic N) is 2. The molecule has 1 saturated heterocycles. The molecule has 25 heavy (non-hydrogen) atoms. The van der Waals surface area contributed by atoms with Crippen molar-refractivity contribution in [3.8, 4) is 17.1 Å². The minimum atomic E-state index is 0.0154. The number of likely N-dealkylation sites (tertiary alicyclic amines) is 1. The van der Waals surface area contributed by atoms with Gasteiger partial charge in [0, 0.05) is 23.2 Å². The van der Waals surface area contributed by atoms with E-state index in [0.717, 1.165) is 48.3 Å². The summed E-state index contributed by atoms with van der Waals surface area (Å²) in [5, 5.41) is 4.19. The van der Waals surface area contributed by atoms with Crippen LogP contribution in [0.4, 0.5) is 0 Å². The van der Waals surface area contributed by atoms with E-state index in [2.05, 4.69) is 19.0 Å². The van der Waals surface area contributed by atoms with Crippen LogP contribution in [-0.4, -0.2) is 35.2 Å². The molecule has 0 radical (unpaired) electrons. The highest BCUT2D eigenvalue weighted by atomic mass is 16.5. The highest BCUT2D eigenvalue weighted by molar-refractivity contribution is 5.96. The van der Waals surface area contributed by atoms with Crippen LogP contribution in [0.5, 0.6) is 5.75 Å². The van der Waals surface area contributed by atoms with Crippen molar-refractivity contribution in [3.05, 3.63) is 35.0 Å². The standard InChI is InChI=1S/C20H24N2O3/c1-12-5-4-6-13(2)22(12)20(23)18-17-9-7-14-11-15(24-3)8-10-16(14)19(17)25-21-18/h8,10-13H,4-7,9H2,1-3H3/t12-,13+. The highest BCUT2D eigenvalue weighted by Gasteiger charge is 2.35. The van der Waals surface area contributed by atoms with Gasteiger partial charge in [-0.3, -0.25) is 4.79 Å². The maximum Gasteiger partial charge on any atom is 0.276 e. The number of fused-ring (bicyclic) bond motifs is 3. The summed E-state index contributed by atoms with van der Waals surface area (Å²) in [7, 11) is 1.67. The summed E-state index contributed by atoms with van der Waals surface area (Å²) >= 11 is 0. The lowest BCUT2D eigenvalue weighted by molar-refractivity contribution is 0.0499. The Bertz CT molecular complexity index is 801. The smallest absolute Gasteiger partial charge is 0.276 e. The molecule has 4 rings (SSSR count). The van der Waals surface area contributed by atoms with Gasteiger partial charge in [-0.25, -0.2) is 0 Å². The van der Waals surface area contributed by atoms with Gasteiger partial charge in [-0.05, 0) is 69.7 Å². The number of benzene rings is 1. The second-order valence-corrected chi connectivity index (χ2v) is 7.20. The number of carbonyl (C=O) groups is 1. The third-order valence-corrected chi connectivity index (χ3v) is 5.62. The Balaban J connectivity index is 1.70. The Labute approximate surface area is 147 Å².